The Labute approximate surface area is 121 Å². The summed E-state index contributed by atoms with van der Waals surface area (Å²) in [4.78, 5) is 25.9. The Hall–Kier alpha value is -1.58. The van der Waals surface area contributed by atoms with Gasteiger partial charge in [0.15, 0.2) is 5.43 Å². The van der Waals surface area contributed by atoms with Crippen molar-refractivity contribution < 1.29 is 4.79 Å². The molecule has 0 aromatic carbocycles. The summed E-state index contributed by atoms with van der Waals surface area (Å²) in [5.41, 5.74) is -0.0516. The van der Waals surface area contributed by atoms with Crippen molar-refractivity contribution in [1.29, 1.82) is 0 Å². The molecule has 1 heterocycles. The molecule has 4 nitrogen and oxygen atoms in total. The summed E-state index contributed by atoms with van der Waals surface area (Å²) >= 11 is 0. The van der Waals surface area contributed by atoms with E-state index in [-0.39, 0.29) is 16.9 Å². The van der Waals surface area contributed by atoms with Gasteiger partial charge >= 0.3 is 0 Å². The summed E-state index contributed by atoms with van der Waals surface area (Å²) in [5, 5.41) is 2.79. The normalized spacial score (nSPS) is 10.4. The molecule has 0 saturated heterocycles. The van der Waals surface area contributed by atoms with E-state index in [0.717, 1.165) is 12.8 Å². The van der Waals surface area contributed by atoms with Crippen LogP contribution in [-0.4, -0.2) is 17.4 Å². The maximum atomic E-state index is 11.7. The molecular weight excluding hydrogens is 252 g/mol. The molecule has 1 aromatic heterocycles. The summed E-state index contributed by atoms with van der Waals surface area (Å²) in [5.74, 6) is -0.283. The van der Waals surface area contributed by atoms with Crippen LogP contribution in [0.3, 0.4) is 0 Å². The average Bonchev–Trinajstić information content (AvgIpc) is 2.46. The molecule has 2 N–H and O–H groups in total. The highest BCUT2D eigenvalue weighted by atomic mass is 16.2. The molecule has 0 radical (unpaired) electrons. The van der Waals surface area contributed by atoms with Crippen LogP contribution in [0.5, 0.6) is 0 Å². The van der Waals surface area contributed by atoms with E-state index < -0.39 is 0 Å². The number of hydrogen-bond donors (Lipinski definition) is 2. The number of carbonyl (C=O) groups is 1. The fourth-order valence-corrected chi connectivity index (χ4v) is 2.15. The quantitative estimate of drug-likeness (QED) is 0.645. The summed E-state index contributed by atoms with van der Waals surface area (Å²) in [6, 6.07) is 1.37. The summed E-state index contributed by atoms with van der Waals surface area (Å²) in [7, 11) is 0. The predicted octanol–water partition coefficient (Wildman–Crippen LogP) is 3.25. The van der Waals surface area contributed by atoms with Crippen molar-refractivity contribution in [3.8, 4) is 0 Å². The minimum Gasteiger partial charge on any atom is -0.367 e. The lowest BCUT2D eigenvalue weighted by molar-refractivity contribution is 0.0951. The number of rotatable bonds is 10. The van der Waals surface area contributed by atoms with Gasteiger partial charge in [0.2, 0.25) is 0 Å². The zero-order chi connectivity index (χ0) is 14.6. The molecule has 1 amide bonds. The van der Waals surface area contributed by atoms with Crippen LogP contribution in [0.4, 0.5) is 0 Å². The van der Waals surface area contributed by atoms with E-state index in [0.29, 0.717) is 6.54 Å². The van der Waals surface area contributed by atoms with Crippen molar-refractivity contribution in [2.24, 2.45) is 0 Å². The van der Waals surface area contributed by atoms with Gasteiger partial charge < -0.3 is 10.3 Å². The molecule has 0 saturated carbocycles. The molecule has 1 rings (SSSR count). The molecule has 20 heavy (non-hydrogen) atoms. The minimum atomic E-state index is -0.283. The molecular formula is C16H26N2O2. The van der Waals surface area contributed by atoms with Crippen LogP contribution < -0.4 is 10.7 Å². The smallest absolute Gasteiger partial charge is 0.256 e. The number of amides is 1. The molecule has 112 valence electrons. The molecule has 0 aliphatic carbocycles. The van der Waals surface area contributed by atoms with Crippen LogP contribution in [0, 0.1) is 0 Å². The number of aromatic nitrogens is 1. The van der Waals surface area contributed by atoms with Gasteiger partial charge in [-0.05, 0) is 6.42 Å². The van der Waals surface area contributed by atoms with Gasteiger partial charge in [0.05, 0.1) is 0 Å². The van der Waals surface area contributed by atoms with Crippen molar-refractivity contribution >= 4 is 5.91 Å². The van der Waals surface area contributed by atoms with Gasteiger partial charge in [0.25, 0.3) is 5.91 Å². The largest absolute Gasteiger partial charge is 0.367 e. The first-order valence-electron chi connectivity index (χ1n) is 7.71. The van der Waals surface area contributed by atoms with Gasteiger partial charge in [-0.15, -0.1) is 0 Å². The molecule has 1 aromatic rings. The molecule has 0 aliphatic rings. The average molecular weight is 278 g/mol. The lowest BCUT2D eigenvalue weighted by atomic mass is 10.1. The highest BCUT2D eigenvalue weighted by Gasteiger charge is 2.07. The number of H-pyrrole nitrogens is 1. The zero-order valence-electron chi connectivity index (χ0n) is 12.4. The van der Waals surface area contributed by atoms with E-state index >= 15 is 0 Å². The highest BCUT2D eigenvalue weighted by Crippen LogP contribution is 2.07. The van der Waals surface area contributed by atoms with Crippen LogP contribution in [0.15, 0.2) is 23.3 Å². The number of carbonyl (C=O) groups excluding carboxylic acids is 1. The van der Waals surface area contributed by atoms with E-state index in [1.54, 1.807) is 0 Å². The fourth-order valence-electron chi connectivity index (χ4n) is 2.15. The van der Waals surface area contributed by atoms with Crippen molar-refractivity contribution in [2.45, 2.75) is 58.3 Å². The maximum absolute atomic E-state index is 11.7. The van der Waals surface area contributed by atoms with E-state index in [2.05, 4.69) is 17.2 Å². The number of pyridine rings is 1. The third-order valence-electron chi connectivity index (χ3n) is 3.38. The number of nitrogens with one attached hydrogen (secondary N) is 2. The molecule has 0 atom stereocenters. The van der Waals surface area contributed by atoms with Gasteiger partial charge in [-0.25, -0.2) is 0 Å². The highest BCUT2D eigenvalue weighted by molar-refractivity contribution is 5.93. The Kier molecular flexibility index (Phi) is 8.43. The second-order valence-corrected chi connectivity index (χ2v) is 5.15. The zero-order valence-corrected chi connectivity index (χ0v) is 12.4. The summed E-state index contributed by atoms with van der Waals surface area (Å²) in [6.45, 7) is 2.86. The Morgan fingerprint density at radius 2 is 1.75 bits per heavy atom. The maximum Gasteiger partial charge on any atom is 0.256 e. The van der Waals surface area contributed by atoms with Crippen LogP contribution >= 0.6 is 0 Å². The Bertz CT molecular complexity index is 440. The Balaban J connectivity index is 2.06. The fraction of sp³-hybridized carbons (Fsp3) is 0.625. The number of aromatic amines is 1. The van der Waals surface area contributed by atoms with Crippen LogP contribution in [-0.2, 0) is 0 Å². The topological polar surface area (TPSA) is 62.0 Å². The predicted molar refractivity (Wildman–Crippen MR) is 82.0 cm³/mol. The van der Waals surface area contributed by atoms with Crippen LogP contribution in [0.25, 0.3) is 0 Å². The number of unbranched alkanes of at least 4 members (excludes halogenated alkanes) is 7. The summed E-state index contributed by atoms with van der Waals surface area (Å²) in [6.07, 6.45) is 12.9. The van der Waals surface area contributed by atoms with E-state index in [1.165, 1.54) is 57.0 Å². The van der Waals surface area contributed by atoms with Gasteiger partial charge in [-0.1, -0.05) is 51.9 Å². The van der Waals surface area contributed by atoms with Crippen molar-refractivity contribution in [3.63, 3.8) is 0 Å². The first-order chi connectivity index (χ1) is 9.75. The monoisotopic (exact) mass is 278 g/mol. The molecule has 0 unspecified atom stereocenters. The standard InChI is InChI=1S/C16H26N2O2/c1-2-3-4-5-6-7-8-9-11-18-16(20)14-13-17-12-10-15(14)19/h10,12-13H,2-9,11H2,1H3,(H,17,19)(H,18,20). The molecule has 0 spiro atoms. The second kappa shape index (κ2) is 10.2. The van der Waals surface area contributed by atoms with Crippen LogP contribution in [0.1, 0.15) is 68.6 Å². The van der Waals surface area contributed by atoms with Crippen molar-refractivity contribution in [2.75, 3.05) is 6.54 Å². The lowest BCUT2D eigenvalue weighted by Gasteiger charge is -2.04. The van der Waals surface area contributed by atoms with E-state index in [1.807, 2.05) is 0 Å². The van der Waals surface area contributed by atoms with E-state index in [9.17, 15) is 9.59 Å². The Morgan fingerprint density at radius 3 is 2.40 bits per heavy atom. The molecule has 4 heteroatoms. The van der Waals surface area contributed by atoms with Crippen LogP contribution in [0.2, 0.25) is 0 Å². The van der Waals surface area contributed by atoms with Crippen molar-refractivity contribution in [1.82, 2.24) is 10.3 Å². The SMILES string of the molecule is CCCCCCCCCCNC(=O)c1c[nH]ccc1=O. The van der Waals surface area contributed by atoms with Crippen molar-refractivity contribution in [3.05, 3.63) is 34.2 Å². The molecule has 0 aliphatic heterocycles. The lowest BCUT2D eigenvalue weighted by Crippen LogP contribution is -2.29. The first-order valence-corrected chi connectivity index (χ1v) is 7.71. The summed E-state index contributed by atoms with van der Waals surface area (Å²) < 4.78 is 0. The third kappa shape index (κ3) is 6.55. The minimum absolute atomic E-state index is 0.187. The van der Waals surface area contributed by atoms with Gasteiger partial charge in [0.1, 0.15) is 5.56 Å². The van der Waals surface area contributed by atoms with E-state index in [4.69, 9.17) is 0 Å². The second-order valence-electron chi connectivity index (χ2n) is 5.15. The first kappa shape index (κ1) is 16.5. The molecule has 0 fully saturated rings. The third-order valence-corrected chi connectivity index (χ3v) is 3.38. The van der Waals surface area contributed by atoms with Gasteiger partial charge in [-0.2, -0.15) is 0 Å². The molecule has 0 bridgehead atoms. The number of hydrogen-bond acceptors (Lipinski definition) is 2. The Morgan fingerprint density at radius 1 is 1.10 bits per heavy atom. The van der Waals surface area contributed by atoms with Gasteiger partial charge in [0, 0.05) is 25.0 Å². The van der Waals surface area contributed by atoms with Gasteiger partial charge in [-0.3, -0.25) is 9.59 Å².